The number of aryl methyl sites for hydroxylation is 1. The number of carbonyl (C=O) groups excluding carboxylic acids is 2. The van der Waals surface area contributed by atoms with Crippen LogP contribution in [0, 0.1) is 6.92 Å². The van der Waals surface area contributed by atoms with E-state index >= 15 is 0 Å². The third kappa shape index (κ3) is 6.03. The molecule has 0 aliphatic rings. The number of hydrogen-bond donors (Lipinski definition) is 2. The normalized spacial score (nSPS) is 10.4. The van der Waals surface area contributed by atoms with Crippen LogP contribution in [-0.2, 0) is 4.79 Å². The summed E-state index contributed by atoms with van der Waals surface area (Å²) in [5.74, 6) is -0.0870. The summed E-state index contributed by atoms with van der Waals surface area (Å²) in [6, 6.07) is 14.9. The van der Waals surface area contributed by atoms with Gasteiger partial charge in [-0.3, -0.25) is 9.59 Å². The summed E-state index contributed by atoms with van der Waals surface area (Å²) in [7, 11) is 3.38. The Hall–Kier alpha value is -2.91. The van der Waals surface area contributed by atoms with Crippen molar-refractivity contribution in [2.45, 2.75) is 11.3 Å². The molecular formula is C20H21N5O2S2. The van der Waals surface area contributed by atoms with Crippen LogP contribution in [0.2, 0.25) is 0 Å². The van der Waals surface area contributed by atoms with Gasteiger partial charge < -0.3 is 15.5 Å². The van der Waals surface area contributed by atoms with Gasteiger partial charge in [0, 0.05) is 31.0 Å². The van der Waals surface area contributed by atoms with Crippen LogP contribution in [0.25, 0.3) is 0 Å². The zero-order valence-corrected chi connectivity index (χ0v) is 17.9. The number of thioether (sulfide) groups is 1. The van der Waals surface area contributed by atoms with Gasteiger partial charge in [-0.2, -0.15) is 0 Å². The first-order valence-electron chi connectivity index (χ1n) is 8.82. The Balaban J connectivity index is 1.52. The van der Waals surface area contributed by atoms with Crippen LogP contribution in [-0.4, -0.2) is 46.8 Å². The van der Waals surface area contributed by atoms with Crippen molar-refractivity contribution in [3.05, 3.63) is 59.7 Å². The Morgan fingerprint density at radius 1 is 1.07 bits per heavy atom. The number of rotatable bonds is 7. The van der Waals surface area contributed by atoms with Gasteiger partial charge in [-0.05, 0) is 37.3 Å². The summed E-state index contributed by atoms with van der Waals surface area (Å²) >= 11 is 2.70. The minimum absolute atomic E-state index is 0.113. The number of carbonyl (C=O) groups is 2. The smallest absolute Gasteiger partial charge is 0.253 e. The summed E-state index contributed by atoms with van der Waals surface area (Å²) in [6.07, 6.45) is 0. The van der Waals surface area contributed by atoms with Crippen molar-refractivity contribution >= 4 is 51.4 Å². The van der Waals surface area contributed by atoms with E-state index in [1.165, 1.54) is 33.6 Å². The maximum Gasteiger partial charge on any atom is 0.253 e. The van der Waals surface area contributed by atoms with Crippen molar-refractivity contribution in [1.29, 1.82) is 0 Å². The fourth-order valence-electron chi connectivity index (χ4n) is 2.39. The topological polar surface area (TPSA) is 87.2 Å². The molecule has 2 aromatic carbocycles. The number of hydrogen-bond acceptors (Lipinski definition) is 7. The average Bonchev–Trinajstić information content (AvgIpc) is 3.15. The van der Waals surface area contributed by atoms with Gasteiger partial charge in [-0.25, -0.2) is 0 Å². The van der Waals surface area contributed by atoms with Crippen LogP contribution in [0.15, 0.2) is 52.9 Å². The molecule has 9 heteroatoms. The van der Waals surface area contributed by atoms with Crippen LogP contribution in [0.5, 0.6) is 0 Å². The van der Waals surface area contributed by atoms with E-state index in [9.17, 15) is 9.59 Å². The number of anilines is 3. The lowest BCUT2D eigenvalue weighted by Gasteiger charge is -2.11. The zero-order chi connectivity index (χ0) is 20.8. The lowest BCUT2D eigenvalue weighted by molar-refractivity contribution is -0.113. The fourth-order valence-corrected chi connectivity index (χ4v) is 3.96. The highest BCUT2D eigenvalue weighted by molar-refractivity contribution is 8.01. The van der Waals surface area contributed by atoms with E-state index in [0.717, 1.165) is 5.69 Å². The Morgan fingerprint density at radius 3 is 2.55 bits per heavy atom. The lowest BCUT2D eigenvalue weighted by atomic mass is 10.2. The first-order chi connectivity index (χ1) is 13.9. The van der Waals surface area contributed by atoms with E-state index in [2.05, 4.69) is 20.8 Å². The molecule has 0 unspecified atom stereocenters. The monoisotopic (exact) mass is 427 g/mol. The maximum atomic E-state index is 12.2. The van der Waals surface area contributed by atoms with Gasteiger partial charge in [0.1, 0.15) is 0 Å². The molecule has 3 rings (SSSR count). The Morgan fingerprint density at radius 2 is 1.83 bits per heavy atom. The molecule has 29 heavy (non-hydrogen) atoms. The predicted octanol–water partition coefficient (Wildman–Crippen LogP) is 4.02. The zero-order valence-electron chi connectivity index (χ0n) is 16.3. The van der Waals surface area contributed by atoms with E-state index in [1.54, 1.807) is 38.4 Å². The first-order valence-corrected chi connectivity index (χ1v) is 10.6. The Bertz CT molecular complexity index is 1000. The van der Waals surface area contributed by atoms with Crippen LogP contribution in [0.3, 0.4) is 0 Å². The molecule has 2 amide bonds. The fraction of sp³-hybridized carbons (Fsp3) is 0.200. The van der Waals surface area contributed by atoms with Crippen LogP contribution in [0.1, 0.15) is 15.9 Å². The molecule has 0 atom stereocenters. The molecule has 1 heterocycles. The summed E-state index contributed by atoms with van der Waals surface area (Å²) < 4.78 is 0.700. The van der Waals surface area contributed by atoms with Crippen molar-refractivity contribution in [2.24, 2.45) is 0 Å². The van der Waals surface area contributed by atoms with Gasteiger partial charge in [0.15, 0.2) is 4.34 Å². The predicted molar refractivity (Wildman–Crippen MR) is 118 cm³/mol. The van der Waals surface area contributed by atoms with Crippen molar-refractivity contribution in [3.8, 4) is 0 Å². The average molecular weight is 428 g/mol. The Labute approximate surface area is 177 Å². The number of amides is 2. The molecule has 0 spiro atoms. The number of nitrogens with zero attached hydrogens (tertiary/aromatic N) is 3. The highest BCUT2D eigenvalue weighted by atomic mass is 32.2. The molecule has 7 nitrogen and oxygen atoms in total. The minimum atomic E-state index is -0.173. The molecule has 0 bridgehead atoms. The highest BCUT2D eigenvalue weighted by Crippen LogP contribution is 2.27. The van der Waals surface area contributed by atoms with Crippen molar-refractivity contribution < 1.29 is 9.59 Å². The highest BCUT2D eigenvalue weighted by Gasteiger charge is 2.11. The second-order valence-corrected chi connectivity index (χ2v) is 8.68. The van der Waals surface area contributed by atoms with Gasteiger partial charge in [0.2, 0.25) is 11.0 Å². The summed E-state index contributed by atoms with van der Waals surface area (Å²) in [5, 5.41) is 14.9. The molecule has 1 aromatic heterocycles. The van der Waals surface area contributed by atoms with E-state index in [0.29, 0.717) is 20.7 Å². The van der Waals surface area contributed by atoms with E-state index in [-0.39, 0.29) is 17.6 Å². The second kappa shape index (κ2) is 9.53. The van der Waals surface area contributed by atoms with E-state index in [1.807, 2.05) is 31.2 Å². The molecule has 3 aromatic rings. The molecule has 0 radical (unpaired) electrons. The van der Waals surface area contributed by atoms with Crippen molar-refractivity contribution in [2.75, 3.05) is 30.5 Å². The SMILES string of the molecule is Cc1ccc(Nc2nnc(SCC(=O)Nc3cccc(C(=O)N(C)C)c3)s2)cc1. The van der Waals surface area contributed by atoms with Crippen LogP contribution >= 0.6 is 23.1 Å². The van der Waals surface area contributed by atoms with Crippen LogP contribution in [0.4, 0.5) is 16.5 Å². The third-order valence-electron chi connectivity index (χ3n) is 3.84. The molecular weight excluding hydrogens is 406 g/mol. The molecule has 150 valence electrons. The number of benzene rings is 2. The van der Waals surface area contributed by atoms with Gasteiger partial charge in [0.25, 0.3) is 5.91 Å². The van der Waals surface area contributed by atoms with Crippen molar-refractivity contribution in [1.82, 2.24) is 15.1 Å². The van der Waals surface area contributed by atoms with Crippen LogP contribution < -0.4 is 10.6 Å². The first kappa shape index (κ1) is 20.8. The largest absolute Gasteiger partial charge is 0.345 e. The molecule has 0 saturated carbocycles. The second-order valence-electron chi connectivity index (χ2n) is 6.48. The summed E-state index contributed by atoms with van der Waals surface area (Å²) in [6.45, 7) is 2.03. The third-order valence-corrected chi connectivity index (χ3v) is 5.81. The molecule has 2 N–H and O–H groups in total. The molecule has 0 saturated heterocycles. The Kier molecular flexibility index (Phi) is 6.84. The summed E-state index contributed by atoms with van der Waals surface area (Å²) in [5.41, 5.74) is 3.23. The van der Waals surface area contributed by atoms with Gasteiger partial charge in [-0.15, -0.1) is 10.2 Å². The molecule has 0 fully saturated rings. The van der Waals surface area contributed by atoms with Crippen molar-refractivity contribution in [3.63, 3.8) is 0 Å². The number of aromatic nitrogens is 2. The standard InChI is InChI=1S/C20H21N5O2S2/c1-13-7-9-15(10-8-13)22-19-23-24-20(29-19)28-12-17(26)21-16-6-4-5-14(11-16)18(27)25(2)3/h4-11H,12H2,1-3H3,(H,21,26)(H,22,23). The quantitative estimate of drug-likeness (QED) is 0.554. The van der Waals surface area contributed by atoms with E-state index < -0.39 is 0 Å². The minimum Gasteiger partial charge on any atom is -0.345 e. The van der Waals surface area contributed by atoms with Gasteiger partial charge in [0.05, 0.1) is 5.75 Å². The molecule has 0 aliphatic heterocycles. The van der Waals surface area contributed by atoms with Gasteiger partial charge >= 0.3 is 0 Å². The maximum absolute atomic E-state index is 12.2. The van der Waals surface area contributed by atoms with E-state index in [4.69, 9.17) is 0 Å². The number of nitrogens with one attached hydrogen (secondary N) is 2. The summed E-state index contributed by atoms with van der Waals surface area (Å²) in [4.78, 5) is 25.8. The lowest BCUT2D eigenvalue weighted by Crippen LogP contribution is -2.22. The van der Waals surface area contributed by atoms with Gasteiger partial charge in [-0.1, -0.05) is 46.9 Å². The molecule has 0 aliphatic carbocycles.